The van der Waals surface area contributed by atoms with Gasteiger partial charge in [-0.1, -0.05) is 17.4 Å². The topological polar surface area (TPSA) is 80.5 Å². The highest BCUT2D eigenvalue weighted by atomic mass is 32.1. The lowest BCUT2D eigenvalue weighted by Gasteiger charge is -2.25. The Labute approximate surface area is 116 Å². The smallest absolute Gasteiger partial charge is 0.265 e. The molecular weight excluding hydrogens is 264 g/mol. The molecule has 1 amide bonds. The van der Waals surface area contributed by atoms with Crippen molar-refractivity contribution in [3.05, 3.63) is 17.5 Å². The van der Waals surface area contributed by atoms with E-state index in [-0.39, 0.29) is 17.8 Å². The number of amides is 1. The second kappa shape index (κ2) is 6.03. The van der Waals surface area contributed by atoms with Gasteiger partial charge in [0.15, 0.2) is 5.13 Å². The molecule has 2 heterocycles. The van der Waals surface area contributed by atoms with Gasteiger partial charge in [0, 0.05) is 19.1 Å². The first-order valence-electron chi connectivity index (χ1n) is 6.14. The normalized spacial score (nSPS) is 17.0. The van der Waals surface area contributed by atoms with Gasteiger partial charge < -0.3 is 20.7 Å². The van der Waals surface area contributed by atoms with Gasteiger partial charge in [0.25, 0.3) is 5.91 Å². The van der Waals surface area contributed by atoms with E-state index in [0.29, 0.717) is 18.1 Å². The fourth-order valence-electron chi connectivity index (χ4n) is 1.70. The Morgan fingerprint density at radius 1 is 1.63 bits per heavy atom. The maximum absolute atomic E-state index is 12.0. The number of ether oxygens (including phenoxy) is 1. The zero-order valence-corrected chi connectivity index (χ0v) is 11.7. The van der Waals surface area contributed by atoms with Gasteiger partial charge in [-0.15, -0.1) is 6.58 Å². The predicted octanol–water partition coefficient (Wildman–Crippen LogP) is 0.866. The first-order chi connectivity index (χ1) is 9.11. The number of carbonyl (C=O) groups is 1. The summed E-state index contributed by atoms with van der Waals surface area (Å²) in [6.07, 6.45) is 1.66. The predicted molar refractivity (Wildman–Crippen MR) is 76.7 cm³/mol. The number of hydrogen-bond donors (Lipinski definition) is 2. The van der Waals surface area contributed by atoms with Crippen LogP contribution in [0, 0.1) is 0 Å². The molecule has 3 N–H and O–H groups in total. The molecular formula is C12H18N4O2S. The zero-order chi connectivity index (χ0) is 13.8. The molecule has 1 aliphatic heterocycles. The number of nitrogen functional groups attached to an aromatic ring is 1. The van der Waals surface area contributed by atoms with Gasteiger partial charge in [-0.25, -0.2) is 4.98 Å². The molecule has 1 aromatic rings. The summed E-state index contributed by atoms with van der Waals surface area (Å²) >= 11 is 1.31. The molecule has 1 atom stereocenters. The number of carbonyl (C=O) groups excluding carboxylic acids is 1. The number of rotatable bonds is 4. The first kappa shape index (κ1) is 13.8. The van der Waals surface area contributed by atoms with E-state index < -0.39 is 0 Å². The van der Waals surface area contributed by atoms with Crippen LogP contribution >= 0.6 is 11.3 Å². The molecule has 0 aromatic carbocycles. The average Bonchev–Trinajstić information content (AvgIpc) is 2.81. The van der Waals surface area contributed by atoms with Gasteiger partial charge in [0.1, 0.15) is 10.7 Å². The van der Waals surface area contributed by atoms with Crippen LogP contribution in [-0.4, -0.2) is 43.2 Å². The minimum Gasteiger partial charge on any atom is -0.382 e. The standard InChI is InChI=1S/C12H18N4O2S/c1-3-8(2)14-11(17)9-10(13)15-12(19-9)16-4-6-18-7-5-16/h3,8H,1,4-7,13H2,2H3,(H,14,17). The number of anilines is 2. The molecule has 7 heteroatoms. The molecule has 1 fully saturated rings. The van der Waals surface area contributed by atoms with Crippen molar-refractivity contribution >= 4 is 28.2 Å². The zero-order valence-electron chi connectivity index (χ0n) is 10.9. The summed E-state index contributed by atoms with van der Waals surface area (Å²) in [5.74, 6) is 0.0714. The van der Waals surface area contributed by atoms with Crippen molar-refractivity contribution in [1.82, 2.24) is 10.3 Å². The summed E-state index contributed by atoms with van der Waals surface area (Å²) in [4.78, 5) is 18.8. The van der Waals surface area contributed by atoms with E-state index in [9.17, 15) is 4.79 Å². The third-order valence-corrected chi connectivity index (χ3v) is 3.97. The van der Waals surface area contributed by atoms with E-state index in [1.807, 2.05) is 6.92 Å². The summed E-state index contributed by atoms with van der Waals surface area (Å²) < 4.78 is 5.29. The van der Waals surface area contributed by atoms with Crippen molar-refractivity contribution in [2.75, 3.05) is 36.9 Å². The highest BCUT2D eigenvalue weighted by Crippen LogP contribution is 2.28. The summed E-state index contributed by atoms with van der Waals surface area (Å²) in [6.45, 7) is 8.38. The van der Waals surface area contributed by atoms with Crippen LogP contribution < -0.4 is 16.0 Å². The van der Waals surface area contributed by atoms with Crippen LogP contribution in [0.25, 0.3) is 0 Å². The first-order valence-corrected chi connectivity index (χ1v) is 6.96. The third kappa shape index (κ3) is 3.24. The van der Waals surface area contributed by atoms with Crippen molar-refractivity contribution in [3.63, 3.8) is 0 Å². The summed E-state index contributed by atoms with van der Waals surface area (Å²) in [5, 5.41) is 3.57. The SMILES string of the molecule is C=CC(C)NC(=O)c1sc(N2CCOCC2)nc1N. The Hall–Kier alpha value is -1.60. The maximum Gasteiger partial charge on any atom is 0.265 e. The molecule has 0 spiro atoms. The van der Waals surface area contributed by atoms with E-state index in [1.54, 1.807) is 6.08 Å². The van der Waals surface area contributed by atoms with E-state index >= 15 is 0 Å². The largest absolute Gasteiger partial charge is 0.382 e. The molecule has 2 rings (SSSR count). The highest BCUT2D eigenvalue weighted by molar-refractivity contribution is 7.18. The van der Waals surface area contributed by atoms with Gasteiger partial charge in [-0.05, 0) is 6.92 Å². The molecule has 0 saturated carbocycles. The molecule has 19 heavy (non-hydrogen) atoms. The van der Waals surface area contributed by atoms with Crippen LogP contribution in [0.2, 0.25) is 0 Å². The van der Waals surface area contributed by atoms with Gasteiger partial charge in [-0.2, -0.15) is 0 Å². The van der Waals surface area contributed by atoms with Gasteiger partial charge in [0.2, 0.25) is 0 Å². The van der Waals surface area contributed by atoms with Crippen molar-refractivity contribution in [1.29, 1.82) is 0 Å². The molecule has 104 valence electrons. The van der Waals surface area contributed by atoms with Crippen molar-refractivity contribution < 1.29 is 9.53 Å². The fraction of sp³-hybridized carbons (Fsp3) is 0.500. The number of aromatic nitrogens is 1. The Kier molecular flexibility index (Phi) is 4.39. The van der Waals surface area contributed by atoms with Crippen LogP contribution in [-0.2, 0) is 4.74 Å². The van der Waals surface area contributed by atoms with Gasteiger partial charge in [0.05, 0.1) is 13.2 Å². The van der Waals surface area contributed by atoms with Crippen molar-refractivity contribution in [3.8, 4) is 0 Å². The molecule has 1 aromatic heterocycles. The van der Waals surface area contributed by atoms with Crippen LogP contribution in [0.4, 0.5) is 10.9 Å². The van der Waals surface area contributed by atoms with Gasteiger partial charge in [-0.3, -0.25) is 4.79 Å². The molecule has 1 saturated heterocycles. The molecule has 6 nitrogen and oxygen atoms in total. The van der Waals surface area contributed by atoms with E-state index in [2.05, 4.69) is 21.8 Å². The quantitative estimate of drug-likeness (QED) is 0.801. The van der Waals surface area contributed by atoms with Crippen LogP contribution in [0.3, 0.4) is 0 Å². The minimum atomic E-state index is -0.207. The minimum absolute atomic E-state index is 0.0964. The number of thiazole rings is 1. The molecule has 0 aliphatic carbocycles. The maximum atomic E-state index is 12.0. The number of nitrogens with one attached hydrogen (secondary N) is 1. The van der Waals surface area contributed by atoms with Crippen LogP contribution in [0.5, 0.6) is 0 Å². The Balaban J connectivity index is 2.11. The lowest BCUT2D eigenvalue weighted by atomic mass is 10.3. The summed E-state index contributed by atoms with van der Waals surface area (Å²) in [6, 6.07) is -0.0964. The highest BCUT2D eigenvalue weighted by Gasteiger charge is 2.21. The second-order valence-corrected chi connectivity index (χ2v) is 5.29. The van der Waals surface area contributed by atoms with E-state index in [4.69, 9.17) is 10.5 Å². The molecule has 1 aliphatic rings. The summed E-state index contributed by atoms with van der Waals surface area (Å²) in [5.41, 5.74) is 5.82. The molecule has 1 unspecified atom stereocenters. The van der Waals surface area contributed by atoms with E-state index in [1.165, 1.54) is 11.3 Å². The lowest BCUT2D eigenvalue weighted by Crippen LogP contribution is -2.36. The Morgan fingerprint density at radius 2 is 2.32 bits per heavy atom. The number of nitrogens with two attached hydrogens (primary N) is 1. The Morgan fingerprint density at radius 3 is 2.95 bits per heavy atom. The number of morpholine rings is 1. The molecule has 0 bridgehead atoms. The fourth-order valence-corrected chi connectivity index (χ4v) is 2.64. The van der Waals surface area contributed by atoms with Crippen LogP contribution in [0.15, 0.2) is 12.7 Å². The number of nitrogens with zero attached hydrogens (tertiary/aromatic N) is 2. The van der Waals surface area contributed by atoms with Gasteiger partial charge >= 0.3 is 0 Å². The Bertz CT molecular complexity index is 468. The summed E-state index contributed by atoms with van der Waals surface area (Å²) in [7, 11) is 0. The second-order valence-electron chi connectivity index (χ2n) is 4.31. The van der Waals surface area contributed by atoms with Crippen molar-refractivity contribution in [2.24, 2.45) is 0 Å². The van der Waals surface area contributed by atoms with Crippen molar-refractivity contribution in [2.45, 2.75) is 13.0 Å². The van der Waals surface area contributed by atoms with Crippen LogP contribution in [0.1, 0.15) is 16.6 Å². The van der Waals surface area contributed by atoms with E-state index in [0.717, 1.165) is 18.2 Å². The third-order valence-electron chi connectivity index (χ3n) is 2.84. The molecule has 0 radical (unpaired) electrons. The monoisotopic (exact) mass is 282 g/mol. The average molecular weight is 282 g/mol. The number of hydrogen-bond acceptors (Lipinski definition) is 6. The lowest BCUT2D eigenvalue weighted by molar-refractivity contribution is 0.0951.